The lowest BCUT2D eigenvalue weighted by atomic mass is 10.4. The van der Waals surface area contributed by atoms with Gasteiger partial charge in [0, 0.05) is 13.2 Å². The van der Waals surface area contributed by atoms with E-state index in [2.05, 4.69) is 25.9 Å². The summed E-state index contributed by atoms with van der Waals surface area (Å²) in [5.41, 5.74) is 5.55. The van der Waals surface area contributed by atoms with E-state index in [1.807, 2.05) is 24.1 Å². The molecular weight excluding hydrogens is 272 g/mol. The normalized spacial score (nSPS) is 10.4. The molecule has 0 aliphatic heterocycles. The van der Waals surface area contributed by atoms with Crippen LogP contribution in [0.3, 0.4) is 0 Å². The van der Waals surface area contributed by atoms with Crippen LogP contribution in [0.15, 0.2) is 33.5 Å². The lowest BCUT2D eigenvalue weighted by Gasteiger charge is -2.17. The Kier molecular flexibility index (Phi) is 3.09. The van der Waals surface area contributed by atoms with E-state index in [9.17, 15) is 0 Å². The van der Waals surface area contributed by atoms with Gasteiger partial charge in [0.15, 0.2) is 0 Å². The topological polar surface area (TPSA) is 68.2 Å². The van der Waals surface area contributed by atoms with Crippen LogP contribution in [0.5, 0.6) is 0 Å². The number of anilines is 2. The number of hydrogen-bond acceptors (Lipinski definition) is 5. The Hall–Kier alpha value is -1.56. The van der Waals surface area contributed by atoms with E-state index in [1.165, 1.54) is 0 Å². The fourth-order valence-electron chi connectivity index (χ4n) is 1.35. The smallest absolute Gasteiger partial charge is 0.222 e. The molecule has 0 amide bonds. The standard InChI is InChI=1S/C10H11BrN4O/c1-15(6-7-3-2-4-16-7)9-8(11)5-13-10(12)14-9/h2-5H,6H2,1H3,(H2,12,13,14). The minimum Gasteiger partial charge on any atom is -0.467 e. The zero-order valence-corrected chi connectivity index (χ0v) is 10.3. The first-order valence-electron chi connectivity index (χ1n) is 4.68. The number of halogens is 1. The number of hydrogen-bond donors (Lipinski definition) is 1. The molecule has 0 unspecified atom stereocenters. The quantitative estimate of drug-likeness (QED) is 0.933. The summed E-state index contributed by atoms with van der Waals surface area (Å²) in [5.74, 6) is 1.86. The first-order chi connectivity index (χ1) is 7.66. The van der Waals surface area contributed by atoms with Crippen molar-refractivity contribution in [1.29, 1.82) is 0 Å². The Bertz CT molecular complexity index is 472. The van der Waals surface area contributed by atoms with Gasteiger partial charge in [0.05, 0.1) is 17.3 Å². The molecule has 2 N–H and O–H groups in total. The third kappa shape index (κ3) is 2.33. The highest BCUT2D eigenvalue weighted by Gasteiger charge is 2.10. The van der Waals surface area contributed by atoms with Gasteiger partial charge in [-0.2, -0.15) is 4.98 Å². The van der Waals surface area contributed by atoms with E-state index in [-0.39, 0.29) is 5.95 Å². The third-order valence-corrected chi connectivity index (χ3v) is 2.64. The molecule has 0 fully saturated rings. The second-order valence-corrected chi connectivity index (χ2v) is 4.19. The van der Waals surface area contributed by atoms with Crippen LogP contribution >= 0.6 is 15.9 Å². The van der Waals surface area contributed by atoms with E-state index >= 15 is 0 Å². The summed E-state index contributed by atoms with van der Waals surface area (Å²) in [6.07, 6.45) is 3.28. The fourth-order valence-corrected chi connectivity index (χ4v) is 1.84. The lowest BCUT2D eigenvalue weighted by molar-refractivity contribution is 0.507. The van der Waals surface area contributed by atoms with E-state index in [1.54, 1.807) is 12.5 Å². The van der Waals surface area contributed by atoms with Gasteiger partial charge in [-0.1, -0.05) is 0 Å². The van der Waals surface area contributed by atoms with Crippen LogP contribution < -0.4 is 10.6 Å². The van der Waals surface area contributed by atoms with E-state index in [0.29, 0.717) is 6.54 Å². The van der Waals surface area contributed by atoms with Gasteiger partial charge in [-0.25, -0.2) is 4.98 Å². The van der Waals surface area contributed by atoms with Crippen molar-refractivity contribution in [1.82, 2.24) is 9.97 Å². The van der Waals surface area contributed by atoms with Gasteiger partial charge in [0.2, 0.25) is 5.95 Å². The minimum absolute atomic E-state index is 0.254. The van der Waals surface area contributed by atoms with Crippen molar-refractivity contribution in [2.45, 2.75) is 6.54 Å². The van der Waals surface area contributed by atoms with Gasteiger partial charge in [-0.3, -0.25) is 0 Å². The largest absolute Gasteiger partial charge is 0.467 e. The Morgan fingerprint density at radius 3 is 3.06 bits per heavy atom. The van der Waals surface area contributed by atoms with Crippen LogP contribution in [0.1, 0.15) is 5.76 Å². The Balaban J connectivity index is 2.20. The van der Waals surface area contributed by atoms with Crippen LogP contribution in [-0.2, 0) is 6.54 Å². The summed E-state index contributed by atoms with van der Waals surface area (Å²) in [6, 6.07) is 3.77. The molecule has 2 aromatic heterocycles. The van der Waals surface area contributed by atoms with Crippen molar-refractivity contribution >= 4 is 27.7 Å². The predicted molar refractivity (Wildman–Crippen MR) is 65.0 cm³/mol. The van der Waals surface area contributed by atoms with Gasteiger partial charge in [0.25, 0.3) is 0 Å². The summed E-state index contributed by atoms with van der Waals surface area (Å²) in [6.45, 7) is 0.627. The lowest BCUT2D eigenvalue weighted by Crippen LogP contribution is -2.18. The number of rotatable bonds is 3. The molecule has 0 atom stereocenters. The number of aromatic nitrogens is 2. The van der Waals surface area contributed by atoms with Crippen molar-refractivity contribution in [3.8, 4) is 0 Å². The summed E-state index contributed by atoms with van der Waals surface area (Å²) < 4.78 is 6.07. The summed E-state index contributed by atoms with van der Waals surface area (Å²) in [4.78, 5) is 9.98. The van der Waals surface area contributed by atoms with Crippen LogP contribution in [0.25, 0.3) is 0 Å². The maximum Gasteiger partial charge on any atom is 0.222 e. The van der Waals surface area contributed by atoms with Crippen molar-refractivity contribution in [3.63, 3.8) is 0 Å². The molecule has 0 aliphatic carbocycles. The molecule has 6 heteroatoms. The highest BCUT2D eigenvalue weighted by molar-refractivity contribution is 9.10. The molecule has 5 nitrogen and oxygen atoms in total. The van der Waals surface area contributed by atoms with Gasteiger partial charge >= 0.3 is 0 Å². The van der Waals surface area contributed by atoms with Crippen molar-refractivity contribution < 1.29 is 4.42 Å². The highest BCUT2D eigenvalue weighted by atomic mass is 79.9. The summed E-state index contributed by atoms with van der Waals surface area (Å²) in [7, 11) is 1.91. The molecule has 2 heterocycles. The van der Waals surface area contributed by atoms with E-state index in [0.717, 1.165) is 16.1 Å². The molecule has 0 radical (unpaired) electrons. The Morgan fingerprint density at radius 1 is 1.56 bits per heavy atom. The minimum atomic E-state index is 0.254. The Labute approximate surface area is 101 Å². The molecule has 84 valence electrons. The molecule has 2 rings (SSSR count). The number of furan rings is 1. The van der Waals surface area contributed by atoms with Gasteiger partial charge in [0.1, 0.15) is 11.6 Å². The number of nitrogens with zero attached hydrogens (tertiary/aromatic N) is 3. The van der Waals surface area contributed by atoms with Crippen LogP contribution in [-0.4, -0.2) is 17.0 Å². The molecule has 16 heavy (non-hydrogen) atoms. The van der Waals surface area contributed by atoms with Crippen molar-refractivity contribution in [2.24, 2.45) is 0 Å². The molecule has 0 saturated heterocycles. The van der Waals surface area contributed by atoms with Crippen LogP contribution in [0.2, 0.25) is 0 Å². The second-order valence-electron chi connectivity index (χ2n) is 3.34. The Morgan fingerprint density at radius 2 is 2.38 bits per heavy atom. The third-order valence-electron chi connectivity index (χ3n) is 2.08. The fraction of sp³-hybridized carbons (Fsp3) is 0.200. The van der Waals surface area contributed by atoms with Gasteiger partial charge < -0.3 is 15.1 Å². The highest BCUT2D eigenvalue weighted by Crippen LogP contribution is 2.23. The summed E-state index contributed by atoms with van der Waals surface area (Å²) in [5, 5.41) is 0. The average molecular weight is 283 g/mol. The summed E-state index contributed by atoms with van der Waals surface area (Å²) >= 11 is 3.38. The van der Waals surface area contributed by atoms with Gasteiger partial charge in [-0.05, 0) is 28.1 Å². The zero-order chi connectivity index (χ0) is 11.5. The predicted octanol–water partition coefficient (Wildman–Crippen LogP) is 2.05. The zero-order valence-electron chi connectivity index (χ0n) is 8.72. The average Bonchev–Trinajstić information content (AvgIpc) is 2.74. The number of nitrogens with two attached hydrogens (primary N) is 1. The van der Waals surface area contributed by atoms with Crippen LogP contribution in [0, 0.1) is 0 Å². The molecule has 0 aliphatic rings. The first kappa shape index (κ1) is 10.9. The molecular formula is C10H11BrN4O. The molecule has 0 bridgehead atoms. The van der Waals surface area contributed by atoms with Gasteiger partial charge in [-0.15, -0.1) is 0 Å². The van der Waals surface area contributed by atoms with Crippen molar-refractivity contribution in [2.75, 3.05) is 17.7 Å². The maximum absolute atomic E-state index is 5.55. The van der Waals surface area contributed by atoms with Crippen molar-refractivity contribution in [3.05, 3.63) is 34.8 Å². The maximum atomic E-state index is 5.55. The number of nitrogen functional groups attached to an aromatic ring is 1. The SMILES string of the molecule is CN(Cc1ccco1)c1nc(N)ncc1Br. The molecule has 0 aromatic carbocycles. The monoisotopic (exact) mass is 282 g/mol. The first-order valence-corrected chi connectivity index (χ1v) is 5.47. The molecule has 2 aromatic rings. The molecule has 0 saturated carbocycles. The van der Waals surface area contributed by atoms with E-state index in [4.69, 9.17) is 10.2 Å². The van der Waals surface area contributed by atoms with Crippen LogP contribution in [0.4, 0.5) is 11.8 Å². The molecule has 0 spiro atoms. The second kappa shape index (κ2) is 4.52. The van der Waals surface area contributed by atoms with E-state index < -0.39 is 0 Å².